The van der Waals surface area contributed by atoms with Gasteiger partial charge in [0.05, 0.1) is 12.9 Å². The number of amides is 2. The first kappa shape index (κ1) is 14.1. The van der Waals surface area contributed by atoms with Gasteiger partial charge in [-0.3, -0.25) is 0 Å². The van der Waals surface area contributed by atoms with E-state index in [-0.39, 0.29) is 12.6 Å². The summed E-state index contributed by atoms with van der Waals surface area (Å²) in [5, 5.41) is 14.6. The van der Waals surface area contributed by atoms with Gasteiger partial charge in [-0.25, -0.2) is 4.79 Å². The van der Waals surface area contributed by atoms with E-state index in [1.54, 1.807) is 12.1 Å². The van der Waals surface area contributed by atoms with Crippen molar-refractivity contribution in [1.82, 2.24) is 5.32 Å². The minimum Gasteiger partial charge on any atom is -0.467 e. The van der Waals surface area contributed by atoms with Gasteiger partial charge in [-0.1, -0.05) is 19.1 Å². The van der Waals surface area contributed by atoms with Gasteiger partial charge in [0, 0.05) is 5.69 Å². The molecule has 20 heavy (non-hydrogen) atoms. The fraction of sp³-hybridized carbons (Fsp3) is 0.267. The number of benzene rings is 1. The minimum atomic E-state index is -0.556. The molecule has 1 aromatic heterocycles. The molecule has 0 aliphatic carbocycles. The minimum absolute atomic E-state index is 0.226. The van der Waals surface area contributed by atoms with Crippen LogP contribution in [0.5, 0.6) is 0 Å². The topological polar surface area (TPSA) is 74.5 Å². The molecule has 2 rings (SSSR count). The van der Waals surface area contributed by atoms with Crippen LogP contribution in [0.15, 0.2) is 47.1 Å². The van der Waals surface area contributed by atoms with Crippen LogP contribution >= 0.6 is 0 Å². The third-order valence-corrected chi connectivity index (χ3v) is 2.99. The predicted octanol–water partition coefficient (Wildman–Crippen LogP) is 2.70. The summed E-state index contributed by atoms with van der Waals surface area (Å²) in [7, 11) is 0. The largest absolute Gasteiger partial charge is 0.467 e. The van der Waals surface area contributed by atoms with Gasteiger partial charge >= 0.3 is 6.03 Å². The zero-order chi connectivity index (χ0) is 14.4. The van der Waals surface area contributed by atoms with Crippen LogP contribution in [-0.4, -0.2) is 17.7 Å². The molecular weight excluding hydrogens is 256 g/mol. The van der Waals surface area contributed by atoms with Crippen LogP contribution in [0.4, 0.5) is 10.5 Å². The summed E-state index contributed by atoms with van der Waals surface area (Å²) in [6.07, 6.45) is 2.46. The molecule has 0 aliphatic heterocycles. The van der Waals surface area contributed by atoms with E-state index < -0.39 is 6.04 Å². The predicted molar refractivity (Wildman–Crippen MR) is 76.5 cm³/mol. The second-order valence-electron chi connectivity index (χ2n) is 4.40. The van der Waals surface area contributed by atoms with Crippen molar-refractivity contribution in [3.05, 3.63) is 54.0 Å². The summed E-state index contributed by atoms with van der Waals surface area (Å²) in [4.78, 5) is 11.9. The van der Waals surface area contributed by atoms with Crippen LogP contribution in [0.3, 0.4) is 0 Å². The van der Waals surface area contributed by atoms with E-state index in [0.29, 0.717) is 11.4 Å². The molecule has 0 fully saturated rings. The van der Waals surface area contributed by atoms with Crippen LogP contribution in [0, 0.1) is 0 Å². The van der Waals surface area contributed by atoms with Gasteiger partial charge in [0.15, 0.2) is 0 Å². The zero-order valence-electron chi connectivity index (χ0n) is 11.3. The molecule has 0 radical (unpaired) electrons. The number of nitrogens with one attached hydrogen (secondary N) is 2. The highest BCUT2D eigenvalue weighted by molar-refractivity contribution is 5.89. The Bertz CT molecular complexity index is 535. The smallest absolute Gasteiger partial charge is 0.319 e. The maximum absolute atomic E-state index is 11.9. The molecule has 0 aliphatic rings. The van der Waals surface area contributed by atoms with Crippen LogP contribution < -0.4 is 10.6 Å². The maximum atomic E-state index is 11.9. The van der Waals surface area contributed by atoms with E-state index >= 15 is 0 Å². The molecule has 1 heterocycles. The van der Waals surface area contributed by atoms with Crippen molar-refractivity contribution in [3.8, 4) is 0 Å². The number of carbonyl (C=O) groups excluding carboxylic acids is 1. The molecule has 5 nitrogen and oxygen atoms in total. The number of hydrogen-bond donors (Lipinski definition) is 3. The monoisotopic (exact) mass is 274 g/mol. The van der Waals surface area contributed by atoms with E-state index in [1.165, 1.54) is 11.8 Å². The van der Waals surface area contributed by atoms with Gasteiger partial charge in [-0.15, -0.1) is 0 Å². The number of aliphatic hydroxyl groups is 1. The highest BCUT2D eigenvalue weighted by atomic mass is 16.3. The van der Waals surface area contributed by atoms with Crippen LogP contribution in [0.25, 0.3) is 0 Å². The Morgan fingerprint density at radius 3 is 2.60 bits per heavy atom. The first-order valence-corrected chi connectivity index (χ1v) is 6.53. The van der Waals surface area contributed by atoms with Crippen molar-refractivity contribution in [3.63, 3.8) is 0 Å². The summed E-state index contributed by atoms with van der Waals surface area (Å²) in [5.41, 5.74) is 1.91. The zero-order valence-corrected chi connectivity index (χ0v) is 11.3. The molecular formula is C15H18N2O3. The van der Waals surface area contributed by atoms with Crippen molar-refractivity contribution in [2.75, 3.05) is 11.9 Å². The average molecular weight is 274 g/mol. The van der Waals surface area contributed by atoms with Gasteiger partial charge in [0.25, 0.3) is 0 Å². The fourth-order valence-corrected chi connectivity index (χ4v) is 1.85. The van der Waals surface area contributed by atoms with Gasteiger partial charge in [0.2, 0.25) is 0 Å². The molecule has 106 valence electrons. The highest BCUT2D eigenvalue weighted by Crippen LogP contribution is 2.14. The van der Waals surface area contributed by atoms with Gasteiger partial charge < -0.3 is 20.2 Å². The van der Waals surface area contributed by atoms with Crippen LogP contribution in [-0.2, 0) is 6.42 Å². The lowest BCUT2D eigenvalue weighted by Crippen LogP contribution is -2.34. The van der Waals surface area contributed by atoms with Crippen molar-refractivity contribution < 1.29 is 14.3 Å². The first-order valence-electron chi connectivity index (χ1n) is 6.53. The fourth-order valence-electron chi connectivity index (χ4n) is 1.85. The average Bonchev–Trinajstić information content (AvgIpc) is 2.99. The van der Waals surface area contributed by atoms with Crippen molar-refractivity contribution >= 4 is 11.7 Å². The summed E-state index contributed by atoms with van der Waals surface area (Å²) in [6.45, 7) is 1.85. The molecule has 0 saturated carbocycles. The number of carbonyl (C=O) groups is 1. The molecule has 0 spiro atoms. The third-order valence-electron chi connectivity index (χ3n) is 2.99. The van der Waals surface area contributed by atoms with Crippen molar-refractivity contribution in [2.45, 2.75) is 19.4 Å². The Hall–Kier alpha value is -2.27. The number of hydrogen-bond acceptors (Lipinski definition) is 3. The van der Waals surface area contributed by atoms with Crippen molar-refractivity contribution in [2.24, 2.45) is 0 Å². The first-order chi connectivity index (χ1) is 9.72. The number of rotatable bonds is 5. The summed E-state index contributed by atoms with van der Waals surface area (Å²) in [6, 6.07) is 10.1. The van der Waals surface area contributed by atoms with Gasteiger partial charge in [-0.05, 0) is 36.2 Å². The molecule has 1 aromatic carbocycles. The van der Waals surface area contributed by atoms with E-state index in [1.807, 2.05) is 24.3 Å². The number of aliphatic hydroxyl groups excluding tert-OH is 1. The maximum Gasteiger partial charge on any atom is 0.319 e. The molecule has 0 saturated heterocycles. The molecule has 1 unspecified atom stereocenters. The van der Waals surface area contributed by atoms with Crippen LogP contribution in [0.2, 0.25) is 0 Å². The Labute approximate surface area is 117 Å². The van der Waals surface area contributed by atoms with Gasteiger partial charge in [-0.2, -0.15) is 0 Å². The standard InChI is InChI=1S/C15H18N2O3/c1-2-11-5-7-12(8-6-11)16-15(19)17-13(10-18)14-4-3-9-20-14/h3-9,13,18H,2,10H2,1H3,(H2,16,17,19). The lowest BCUT2D eigenvalue weighted by Gasteiger charge is -2.14. The van der Waals surface area contributed by atoms with Crippen LogP contribution in [0.1, 0.15) is 24.3 Å². The quantitative estimate of drug-likeness (QED) is 0.784. The van der Waals surface area contributed by atoms with E-state index in [2.05, 4.69) is 17.6 Å². The SMILES string of the molecule is CCc1ccc(NC(=O)NC(CO)c2ccco2)cc1. The Morgan fingerprint density at radius 2 is 2.05 bits per heavy atom. The van der Waals surface area contributed by atoms with E-state index in [0.717, 1.165) is 6.42 Å². The summed E-state index contributed by atoms with van der Waals surface area (Å²) < 4.78 is 5.17. The number of aryl methyl sites for hydroxylation is 1. The number of urea groups is 1. The molecule has 0 bridgehead atoms. The second kappa shape index (κ2) is 6.77. The molecule has 2 amide bonds. The highest BCUT2D eigenvalue weighted by Gasteiger charge is 2.15. The third kappa shape index (κ3) is 3.61. The Morgan fingerprint density at radius 1 is 1.30 bits per heavy atom. The molecule has 3 N–H and O–H groups in total. The molecule has 1 atom stereocenters. The summed E-state index contributed by atoms with van der Waals surface area (Å²) >= 11 is 0. The molecule has 5 heteroatoms. The number of furan rings is 1. The number of anilines is 1. The lowest BCUT2D eigenvalue weighted by atomic mass is 10.1. The van der Waals surface area contributed by atoms with E-state index in [4.69, 9.17) is 4.42 Å². The molecule has 2 aromatic rings. The lowest BCUT2D eigenvalue weighted by molar-refractivity contribution is 0.215. The Balaban J connectivity index is 1.94. The van der Waals surface area contributed by atoms with Gasteiger partial charge in [0.1, 0.15) is 11.8 Å². The summed E-state index contributed by atoms with van der Waals surface area (Å²) in [5.74, 6) is 0.518. The van der Waals surface area contributed by atoms with E-state index in [9.17, 15) is 9.90 Å². The van der Waals surface area contributed by atoms with Crippen molar-refractivity contribution in [1.29, 1.82) is 0 Å². The normalized spacial score (nSPS) is 11.9. The Kier molecular flexibility index (Phi) is 4.79. The second-order valence-corrected chi connectivity index (χ2v) is 4.40.